The van der Waals surface area contributed by atoms with Crippen molar-refractivity contribution in [3.63, 3.8) is 0 Å². The Kier molecular flexibility index (Phi) is 4.05. The highest BCUT2D eigenvalue weighted by atomic mass is 79.9. The molecular weight excluding hydrogens is 335 g/mol. The van der Waals surface area contributed by atoms with E-state index in [0.29, 0.717) is 11.1 Å². The molecule has 0 amide bonds. The summed E-state index contributed by atoms with van der Waals surface area (Å²) in [6, 6.07) is 4.37. The Labute approximate surface area is 119 Å². The molecule has 0 saturated heterocycles. The summed E-state index contributed by atoms with van der Waals surface area (Å²) >= 11 is 3.07. The first kappa shape index (κ1) is 14.2. The van der Waals surface area contributed by atoms with E-state index < -0.39 is 15.7 Å². The molecule has 0 bridgehead atoms. The number of rotatable bonds is 4. The third-order valence-corrected chi connectivity index (χ3v) is 4.96. The van der Waals surface area contributed by atoms with Crippen LogP contribution in [-0.4, -0.2) is 18.2 Å². The van der Waals surface area contributed by atoms with Crippen LogP contribution in [0.5, 0.6) is 0 Å². The fourth-order valence-electron chi connectivity index (χ4n) is 1.75. The van der Waals surface area contributed by atoms with Crippen LogP contribution in [0.3, 0.4) is 0 Å². The molecule has 0 saturated carbocycles. The van der Waals surface area contributed by atoms with Crippen LogP contribution in [0.2, 0.25) is 0 Å². The third kappa shape index (κ3) is 3.63. The van der Waals surface area contributed by atoms with Gasteiger partial charge in [0.15, 0.2) is 9.84 Å². The molecule has 0 aliphatic heterocycles. The Hall–Kier alpha value is -1.21. The van der Waals surface area contributed by atoms with Crippen molar-refractivity contribution in [2.75, 3.05) is 0 Å². The van der Waals surface area contributed by atoms with Crippen molar-refractivity contribution in [2.24, 2.45) is 7.05 Å². The average Bonchev–Trinajstić information content (AvgIpc) is 2.69. The van der Waals surface area contributed by atoms with E-state index in [0.717, 1.165) is 0 Å². The molecule has 4 nitrogen and oxygen atoms in total. The SMILES string of the molecule is Cn1cc(CS(=O)(=O)Cc2cccc(F)c2Br)cn1. The van der Waals surface area contributed by atoms with Gasteiger partial charge in [0.2, 0.25) is 0 Å². The van der Waals surface area contributed by atoms with E-state index in [1.165, 1.54) is 18.3 Å². The molecule has 102 valence electrons. The summed E-state index contributed by atoms with van der Waals surface area (Å²) in [6.07, 6.45) is 3.16. The number of halogens is 2. The monoisotopic (exact) mass is 346 g/mol. The van der Waals surface area contributed by atoms with Crippen molar-refractivity contribution in [1.29, 1.82) is 0 Å². The van der Waals surface area contributed by atoms with Crippen LogP contribution in [0, 0.1) is 5.82 Å². The van der Waals surface area contributed by atoms with Gasteiger partial charge in [-0.05, 0) is 27.6 Å². The van der Waals surface area contributed by atoms with Gasteiger partial charge in [0.1, 0.15) is 5.82 Å². The molecule has 1 aromatic heterocycles. The van der Waals surface area contributed by atoms with E-state index in [1.54, 1.807) is 24.0 Å². The quantitative estimate of drug-likeness (QED) is 0.854. The van der Waals surface area contributed by atoms with Crippen LogP contribution in [0.4, 0.5) is 4.39 Å². The molecule has 0 fully saturated rings. The zero-order chi connectivity index (χ0) is 14.0. The lowest BCUT2D eigenvalue weighted by atomic mass is 10.2. The summed E-state index contributed by atoms with van der Waals surface area (Å²) in [5.74, 6) is -0.779. The maximum Gasteiger partial charge on any atom is 0.158 e. The van der Waals surface area contributed by atoms with Crippen LogP contribution < -0.4 is 0 Å². The van der Waals surface area contributed by atoms with Crippen molar-refractivity contribution < 1.29 is 12.8 Å². The van der Waals surface area contributed by atoms with E-state index in [4.69, 9.17) is 0 Å². The average molecular weight is 347 g/mol. The molecule has 19 heavy (non-hydrogen) atoms. The minimum Gasteiger partial charge on any atom is -0.276 e. The predicted molar refractivity (Wildman–Crippen MR) is 73.6 cm³/mol. The Bertz CT molecular complexity index is 698. The molecule has 0 radical (unpaired) electrons. The third-order valence-electron chi connectivity index (χ3n) is 2.55. The second-order valence-electron chi connectivity index (χ2n) is 4.27. The Morgan fingerprint density at radius 2 is 2.11 bits per heavy atom. The van der Waals surface area contributed by atoms with Gasteiger partial charge in [-0.3, -0.25) is 4.68 Å². The highest BCUT2D eigenvalue weighted by Gasteiger charge is 2.17. The zero-order valence-corrected chi connectivity index (χ0v) is 12.6. The van der Waals surface area contributed by atoms with Crippen LogP contribution in [0.25, 0.3) is 0 Å². The highest BCUT2D eigenvalue weighted by molar-refractivity contribution is 9.10. The lowest BCUT2D eigenvalue weighted by Crippen LogP contribution is -2.08. The van der Waals surface area contributed by atoms with Crippen LogP contribution >= 0.6 is 15.9 Å². The van der Waals surface area contributed by atoms with Gasteiger partial charge < -0.3 is 0 Å². The fraction of sp³-hybridized carbons (Fsp3) is 0.250. The first-order valence-electron chi connectivity index (χ1n) is 5.48. The summed E-state index contributed by atoms with van der Waals surface area (Å²) in [4.78, 5) is 0. The molecule has 0 atom stereocenters. The highest BCUT2D eigenvalue weighted by Crippen LogP contribution is 2.23. The first-order valence-corrected chi connectivity index (χ1v) is 8.10. The fourth-order valence-corrected chi connectivity index (χ4v) is 3.81. The molecule has 1 aromatic carbocycles. The summed E-state index contributed by atoms with van der Waals surface area (Å²) in [7, 11) is -1.64. The van der Waals surface area contributed by atoms with E-state index in [-0.39, 0.29) is 16.0 Å². The molecule has 0 N–H and O–H groups in total. The number of aryl methyl sites for hydroxylation is 1. The molecule has 0 spiro atoms. The largest absolute Gasteiger partial charge is 0.276 e. The smallest absolute Gasteiger partial charge is 0.158 e. The Morgan fingerprint density at radius 3 is 2.74 bits per heavy atom. The minimum absolute atomic E-state index is 0.107. The van der Waals surface area contributed by atoms with E-state index >= 15 is 0 Å². The van der Waals surface area contributed by atoms with Gasteiger partial charge in [-0.2, -0.15) is 5.10 Å². The van der Waals surface area contributed by atoms with Gasteiger partial charge >= 0.3 is 0 Å². The number of nitrogens with zero attached hydrogens (tertiary/aromatic N) is 2. The topological polar surface area (TPSA) is 52.0 Å². The second kappa shape index (κ2) is 5.42. The first-order chi connectivity index (χ1) is 8.87. The van der Waals surface area contributed by atoms with E-state index in [1.807, 2.05) is 0 Å². The molecule has 7 heteroatoms. The van der Waals surface area contributed by atoms with Gasteiger partial charge in [-0.15, -0.1) is 0 Å². The summed E-state index contributed by atoms with van der Waals surface area (Å²) in [5.41, 5.74) is 1.04. The molecule has 0 aliphatic rings. The van der Waals surface area contributed by atoms with Crippen molar-refractivity contribution in [3.8, 4) is 0 Å². The number of benzene rings is 1. The summed E-state index contributed by atoms with van der Waals surface area (Å²) in [5, 5.41) is 3.92. The Morgan fingerprint density at radius 1 is 1.37 bits per heavy atom. The molecule has 0 unspecified atom stereocenters. The molecule has 1 heterocycles. The van der Waals surface area contributed by atoms with Crippen molar-refractivity contribution in [3.05, 3.63) is 52.0 Å². The van der Waals surface area contributed by atoms with Gasteiger partial charge in [0.05, 0.1) is 22.2 Å². The molecule has 0 aliphatic carbocycles. The summed E-state index contributed by atoms with van der Waals surface area (Å²) in [6.45, 7) is 0. The predicted octanol–water partition coefficient (Wildman–Crippen LogP) is 2.44. The normalized spacial score (nSPS) is 11.7. The molecule has 2 aromatic rings. The van der Waals surface area contributed by atoms with Crippen LogP contribution in [0.1, 0.15) is 11.1 Å². The minimum atomic E-state index is -3.36. The summed E-state index contributed by atoms with van der Waals surface area (Å²) < 4.78 is 39.2. The van der Waals surface area contributed by atoms with Crippen LogP contribution in [-0.2, 0) is 28.4 Å². The lowest BCUT2D eigenvalue weighted by Gasteiger charge is -2.06. The lowest BCUT2D eigenvalue weighted by molar-refractivity contribution is 0.593. The van der Waals surface area contributed by atoms with Crippen molar-refractivity contribution >= 4 is 25.8 Å². The zero-order valence-electron chi connectivity index (χ0n) is 10.2. The molecule has 2 rings (SSSR count). The number of sulfone groups is 1. The number of hydrogen-bond acceptors (Lipinski definition) is 3. The maximum absolute atomic E-state index is 13.3. The van der Waals surface area contributed by atoms with E-state index in [9.17, 15) is 12.8 Å². The maximum atomic E-state index is 13.3. The molecular formula is C12H12BrFN2O2S. The van der Waals surface area contributed by atoms with E-state index in [2.05, 4.69) is 21.0 Å². The second-order valence-corrected chi connectivity index (χ2v) is 7.12. The van der Waals surface area contributed by atoms with Crippen molar-refractivity contribution in [2.45, 2.75) is 11.5 Å². The van der Waals surface area contributed by atoms with Crippen LogP contribution in [0.15, 0.2) is 35.1 Å². The number of aromatic nitrogens is 2. The van der Waals surface area contributed by atoms with Gasteiger partial charge in [-0.25, -0.2) is 12.8 Å². The number of hydrogen-bond donors (Lipinski definition) is 0. The standard InChI is InChI=1S/C12H12BrFN2O2S/c1-16-6-9(5-15-16)7-19(17,18)8-10-3-2-4-11(14)12(10)13/h2-6H,7-8H2,1H3. The van der Waals surface area contributed by atoms with Gasteiger partial charge in [-0.1, -0.05) is 12.1 Å². The van der Waals surface area contributed by atoms with Gasteiger partial charge in [0, 0.05) is 18.8 Å². The van der Waals surface area contributed by atoms with Crippen molar-refractivity contribution in [1.82, 2.24) is 9.78 Å². The Balaban J connectivity index is 2.19. The van der Waals surface area contributed by atoms with Gasteiger partial charge in [0.25, 0.3) is 0 Å².